The van der Waals surface area contributed by atoms with Crippen molar-refractivity contribution in [2.24, 2.45) is 5.73 Å². The van der Waals surface area contributed by atoms with E-state index in [1.807, 2.05) is 36.4 Å². The summed E-state index contributed by atoms with van der Waals surface area (Å²) in [6.45, 7) is 2.14. The lowest BCUT2D eigenvalue weighted by molar-refractivity contribution is -0.118. The van der Waals surface area contributed by atoms with Gasteiger partial charge in [-0.3, -0.25) is 4.79 Å². The van der Waals surface area contributed by atoms with E-state index in [9.17, 15) is 4.79 Å². The molecular weight excluding hydrogens is 186 g/mol. The Kier molecular flexibility index (Phi) is 9.83. The summed E-state index contributed by atoms with van der Waals surface area (Å²) in [7, 11) is 0. The summed E-state index contributed by atoms with van der Waals surface area (Å²) >= 11 is 0. The molecule has 0 aliphatic heterocycles. The summed E-state index contributed by atoms with van der Waals surface area (Å²) in [6, 6.07) is 12.0. The quantitative estimate of drug-likeness (QED) is 0.741. The number of nitrogens with two attached hydrogens (primary N) is 1. The van der Waals surface area contributed by atoms with Crippen molar-refractivity contribution in [3.63, 3.8) is 0 Å². The molecule has 0 saturated heterocycles. The van der Waals surface area contributed by atoms with E-state index in [1.54, 1.807) is 0 Å². The Morgan fingerprint density at radius 3 is 1.73 bits per heavy atom. The molecule has 2 N–H and O–H groups in total. The maximum atomic E-state index is 10.2. The van der Waals surface area contributed by atoms with Gasteiger partial charge in [-0.2, -0.15) is 0 Å². The van der Waals surface area contributed by atoms with E-state index in [-0.39, 0.29) is 5.91 Å². The molecule has 0 bridgehead atoms. The van der Waals surface area contributed by atoms with Gasteiger partial charge in [0.2, 0.25) is 5.91 Å². The average Bonchev–Trinajstić information content (AvgIpc) is 2.28. The second-order valence-corrected chi connectivity index (χ2v) is 3.43. The highest BCUT2D eigenvalue weighted by molar-refractivity contribution is 5.73. The number of amides is 1. The molecule has 1 aromatic rings. The van der Waals surface area contributed by atoms with Gasteiger partial charge in [-0.25, -0.2) is 0 Å². The molecule has 0 unspecified atom stereocenters. The third-order valence-corrected chi connectivity index (χ3v) is 1.94. The molecule has 0 radical (unpaired) electrons. The minimum Gasteiger partial charge on any atom is -0.370 e. The van der Waals surface area contributed by atoms with Crippen LogP contribution in [0.4, 0.5) is 0 Å². The first-order valence-corrected chi connectivity index (χ1v) is 5.55. The van der Waals surface area contributed by atoms with Crippen LogP contribution in [0.1, 0.15) is 39.0 Å². The summed E-state index contributed by atoms with van der Waals surface area (Å²) in [6.07, 6.45) is 5.08. The van der Waals surface area contributed by atoms with Gasteiger partial charge in [0.25, 0.3) is 0 Å². The van der Waals surface area contributed by atoms with Gasteiger partial charge in [0.05, 0.1) is 0 Å². The van der Waals surface area contributed by atoms with Crippen LogP contribution >= 0.6 is 0 Å². The summed E-state index contributed by atoms with van der Waals surface area (Å²) in [5.74, 6) is -0.175. The zero-order valence-corrected chi connectivity index (χ0v) is 9.49. The first-order valence-electron chi connectivity index (χ1n) is 5.55. The van der Waals surface area contributed by atoms with Gasteiger partial charge in [0, 0.05) is 6.42 Å². The van der Waals surface area contributed by atoms with Crippen molar-refractivity contribution < 1.29 is 4.79 Å². The molecule has 0 fully saturated rings. The largest absolute Gasteiger partial charge is 0.370 e. The molecule has 0 aliphatic rings. The number of carbonyl (C=O) groups is 1. The monoisotopic (exact) mass is 207 g/mol. The van der Waals surface area contributed by atoms with Gasteiger partial charge in [0.15, 0.2) is 0 Å². The van der Waals surface area contributed by atoms with Crippen LogP contribution in [0.2, 0.25) is 0 Å². The van der Waals surface area contributed by atoms with Crippen LogP contribution in [0.3, 0.4) is 0 Å². The summed E-state index contributed by atoms with van der Waals surface area (Å²) in [4.78, 5) is 10.2. The Morgan fingerprint density at radius 2 is 1.40 bits per heavy atom. The molecule has 0 aliphatic carbocycles. The molecule has 0 atom stereocenters. The van der Waals surface area contributed by atoms with Crippen LogP contribution in [-0.4, -0.2) is 5.91 Å². The zero-order chi connectivity index (χ0) is 11.4. The number of benzene rings is 1. The van der Waals surface area contributed by atoms with E-state index >= 15 is 0 Å². The normalized spacial score (nSPS) is 8.87. The summed E-state index contributed by atoms with van der Waals surface area (Å²) in [5.41, 5.74) is 4.94. The minimum atomic E-state index is -0.175. The molecule has 2 heteroatoms. The highest BCUT2D eigenvalue weighted by Crippen LogP contribution is 2.00. The minimum absolute atomic E-state index is 0.175. The fraction of sp³-hybridized carbons (Fsp3) is 0.462. The van der Waals surface area contributed by atoms with Crippen LogP contribution in [-0.2, 0) is 4.79 Å². The number of hydrogen-bond acceptors (Lipinski definition) is 1. The fourth-order valence-electron chi connectivity index (χ4n) is 1.11. The second-order valence-electron chi connectivity index (χ2n) is 3.43. The van der Waals surface area contributed by atoms with Crippen molar-refractivity contribution in [2.45, 2.75) is 39.0 Å². The van der Waals surface area contributed by atoms with Crippen molar-refractivity contribution in [3.8, 4) is 0 Å². The van der Waals surface area contributed by atoms with Crippen molar-refractivity contribution in [1.82, 2.24) is 0 Å². The third-order valence-electron chi connectivity index (χ3n) is 1.94. The van der Waals surface area contributed by atoms with E-state index < -0.39 is 0 Å². The van der Waals surface area contributed by atoms with E-state index in [1.165, 1.54) is 12.8 Å². The van der Waals surface area contributed by atoms with Gasteiger partial charge in [-0.05, 0) is 6.42 Å². The van der Waals surface area contributed by atoms with Crippen LogP contribution in [0.5, 0.6) is 0 Å². The molecule has 1 amide bonds. The number of rotatable bonds is 5. The molecule has 1 rings (SSSR count). The second kappa shape index (κ2) is 10.8. The lowest BCUT2D eigenvalue weighted by Crippen LogP contribution is -2.09. The lowest BCUT2D eigenvalue weighted by atomic mass is 10.1. The molecular formula is C13H21NO. The van der Waals surface area contributed by atoms with Crippen LogP contribution < -0.4 is 5.73 Å². The third kappa shape index (κ3) is 12.7. The highest BCUT2D eigenvalue weighted by atomic mass is 16.1. The zero-order valence-electron chi connectivity index (χ0n) is 9.49. The Bertz CT molecular complexity index is 207. The van der Waals surface area contributed by atoms with Gasteiger partial charge in [0.1, 0.15) is 0 Å². The number of unbranched alkanes of at least 4 members (excludes halogenated alkanes) is 3. The maximum absolute atomic E-state index is 10.2. The van der Waals surface area contributed by atoms with Crippen molar-refractivity contribution in [3.05, 3.63) is 36.4 Å². The van der Waals surface area contributed by atoms with Crippen molar-refractivity contribution in [2.75, 3.05) is 0 Å². The number of hydrogen-bond donors (Lipinski definition) is 1. The molecule has 0 saturated carbocycles. The van der Waals surface area contributed by atoms with Gasteiger partial charge < -0.3 is 5.73 Å². The number of primary amides is 1. The maximum Gasteiger partial charge on any atom is 0.217 e. The van der Waals surface area contributed by atoms with Gasteiger partial charge >= 0.3 is 0 Å². The average molecular weight is 207 g/mol. The SMILES string of the molecule is CCCCCCC(N)=O.c1ccccc1. The van der Waals surface area contributed by atoms with Crippen molar-refractivity contribution in [1.29, 1.82) is 0 Å². The van der Waals surface area contributed by atoms with Gasteiger partial charge in [-0.15, -0.1) is 0 Å². The Hall–Kier alpha value is -1.31. The summed E-state index contributed by atoms with van der Waals surface area (Å²) < 4.78 is 0. The van der Waals surface area contributed by atoms with E-state index in [4.69, 9.17) is 5.73 Å². The van der Waals surface area contributed by atoms with E-state index in [0.717, 1.165) is 12.8 Å². The standard InChI is InChI=1S/C7H15NO.C6H6/c1-2-3-4-5-6-7(8)9;1-2-4-6-5-3-1/h2-6H2,1H3,(H2,8,9);1-6H. The highest BCUT2D eigenvalue weighted by Gasteiger charge is 1.91. The summed E-state index contributed by atoms with van der Waals surface area (Å²) in [5, 5.41) is 0. The fourth-order valence-corrected chi connectivity index (χ4v) is 1.11. The molecule has 0 aromatic heterocycles. The first-order chi connectivity index (χ1) is 7.27. The Balaban J connectivity index is 0.000000280. The van der Waals surface area contributed by atoms with Crippen molar-refractivity contribution >= 4 is 5.91 Å². The molecule has 0 spiro atoms. The topological polar surface area (TPSA) is 43.1 Å². The molecule has 0 heterocycles. The molecule has 1 aromatic carbocycles. The van der Waals surface area contributed by atoms with Crippen LogP contribution in [0, 0.1) is 0 Å². The smallest absolute Gasteiger partial charge is 0.217 e. The van der Waals surface area contributed by atoms with E-state index in [0.29, 0.717) is 6.42 Å². The molecule has 15 heavy (non-hydrogen) atoms. The predicted octanol–water partition coefficient (Wildman–Crippen LogP) is 3.13. The number of carbonyl (C=O) groups excluding carboxylic acids is 1. The first kappa shape index (κ1) is 13.7. The molecule has 84 valence electrons. The van der Waals surface area contributed by atoms with Crippen LogP contribution in [0.25, 0.3) is 0 Å². The van der Waals surface area contributed by atoms with Crippen LogP contribution in [0.15, 0.2) is 36.4 Å². The Labute approximate surface area is 92.5 Å². The lowest BCUT2D eigenvalue weighted by Gasteiger charge is -1.93. The predicted molar refractivity (Wildman–Crippen MR) is 64.4 cm³/mol. The van der Waals surface area contributed by atoms with Gasteiger partial charge in [-0.1, -0.05) is 62.6 Å². The Morgan fingerprint density at radius 1 is 0.933 bits per heavy atom. The molecule has 2 nitrogen and oxygen atoms in total. The van der Waals surface area contributed by atoms with E-state index in [2.05, 4.69) is 6.92 Å².